The summed E-state index contributed by atoms with van der Waals surface area (Å²) >= 11 is 3.90. The van der Waals surface area contributed by atoms with Crippen LogP contribution in [0.4, 0.5) is 5.82 Å². The second-order valence-corrected chi connectivity index (χ2v) is 5.19. The smallest absolute Gasteiger partial charge is 0.351 e. The summed E-state index contributed by atoms with van der Waals surface area (Å²) in [6.45, 7) is 0. The van der Waals surface area contributed by atoms with Gasteiger partial charge in [0.05, 0.1) is 5.88 Å². The van der Waals surface area contributed by atoms with Crippen LogP contribution in [0.3, 0.4) is 0 Å². The van der Waals surface area contributed by atoms with E-state index < -0.39 is 41.6 Å². The van der Waals surface area contributed by atoms with E-state index in [2.05, 4.69) is 4.98 Å². The number of nitrogen functional groups attached to an aromatic ring is 1. The molecule has 0 amide bonds. The Morgan fingerprint density at radius 1 is 1.45 bits per heavy atom. The van der Waals surface area contributed by atoms with Gasteiger partial charge in [-0.1, -0.05) is 0 Å². The summed E-state index contributed by atoms with van der Waals surface area (Å²) in [5.41, 5.74) is 4.83. The van der Waals surface area contributed by atoms with Crippen LogP contribution >= 0.6 is 24.0 Å². The lowest BCUT2D eigenvalue weighted by molar-refractivity contribution is -0.0293. The summed E-state index contributed by atoms with van der Waals surface area (Å²) < 4.78 is 28.3. The van der Waals surface area contributed by atoms with Crippen LogP contribution in [-0.4, -0.2) is 38.0 Å². The van der Waals surface area contributed by atoms with E-state index in [0.717, 1.165) is 0 Å². The SMILES string of the molecule is Cl.Nc1ccn([C@@H]2O[C@H](CCl)[C@H]3OS(=O)O[C@H]32)c(=O)n1. The third-order valence-electron chi connectivity index (χ3n) is 2.94. The van der Waals surface area contributed by atoms with Gasteiger partial charge in [-0.15, -0.1) is 24.0 Å². The van der Waals surface area contributed by atoms with E-state index in [9.17, 15) is 9.00 Å². The molecule has 2 aliphatic rings. The minimum Gasteiger partial charge on any atom is -0.383 e. The molecule has 2 N–H and O–H groups in total. The maximum Gasteiger partial charge on any atom is 0.351 e. The van der Waals surface area contributed by atoms with Crippen molar-refractivity contribution in [3.8, 4) is 0 Å². The van der Waals surface area contributed by atoms with Crippen molar-refractivity contribution >= 4 is 41.2 Å². The molecule has 1 unspecified atom stereocenters. The number of hydrogen-bond acceptors (Lipinski definition) is 7. The van der Waals surface area contributed by atoms with Crippen molar-refractivity contribution < 1.29 is 17.3 Å². The van der Waals surface area contributed by atoms with Gasteiger partial charge in [0.25, 0.3) is 0 Å². The third kappa shape index (κ3) is 2.57. The standard InChI is InChI=1S/C9H10ClN3O5S.ClH/c10-3-4-6-7(18-19(15)17-6)8(16-4)13-2-1-5(11)12-9(13)14;/h1-2,4,6-8H,3H2,(H2,11,12,14);1H/t4-,6-,7-,8-,19?;/m1./s1. The van der Waals surface area contributed by atoms with Crippen LogP contribution in [0.5, 0.6) is 0 Å². The van der Waals surface area contributed by atoms with E-state index in [1.165, 1.54) is 16.8 Å². The number of ether oxygens (including phenoxy) is 1. The zero-order valence-electron chi connectivity index (χ0n) is 9.88. The molecule has 3 heterocycles. The second-order valence-electron chi connectivity index (χ2n) is 4.09. The molecule has 2 aliphatic heterocycles. The van der Waals surface area contributed by atoms with Gasteiger partial charge in [0.15, 0.2) is 12.3 Å². The molecule has 0 radical (unpaired) electrons. The van der Waals surface area contributed by atoms with E-state index in [1.54, 1.807) is 0 Å². The van der Waals surface area contributed by atoms with Gasteiger partial charge in [0, 0.05) is 6.20 Å². The molecular formula is C9H11Cl2N3O5S. The van der Waals surface area contributed by atoms with Crippen molar-refractivity contribution in [3.05, 3.63) is 22.7 Å². The van der Waals surface area contributed by atoms with Gasteiger partial charge in [-0.05, 0) is 6.07 Å². The number of halogens is 2. The summed E-state index contributed by atoms with van der Waals surface area (Å²) in [7, 11) is 0. The summed E-state index contributed by atoms with van der Waals surface area (Å²) in [4.78, 5) is 15.4. The maximum atomic E-state index is 11.8. The molecule has 0 bridgehead atoms. The van der Waals surface area contributed by atoms with Crippen LogP contribution in [0.2, 0.25) is 0 Å². The fraction of sp³-hybridized carbons (Fsp3) is 0.556. The van der Waals surface area contributed by atoms with Crippen LogP contribution in [-0.2, 0) is 24.5 Å². The van der Waals surface area contributed by atoms with Crippen molar-refractivity contribution in [2.45, 2.75) is 24.5 Å². The summed E-state index contributed by atoms with van der Waals surface area (Å²) in [6.07, 6.45) is -1.11. The molecule has 1 aromatic rings. The van der Waals surface area contributed by atoms with Gasteiger partial charge in [-0.3, -0.25) is 12.9 Å². The molecule has 1 aromatic heterocycles. The Kier molecular flexibility index (Phi) is 4.67. The van der Waals surface area contributed by atoms with E-state index in [1.807, 2.05) is 0 Å². The minimum atomic E-state index is -1.86. The number of nitrogens with two attached hydrogens (primary N) is 1. The normalized spacial score (nSPS) is 35.5. The number of aromatic nitrogens is 2. The predicted molar refractivity (Wildman–Crippen MR) is 72.7 cm³/mol. The summed E-state index contributed by atoms with van der Waals surface area (Å²) in [5.74, 6) is 0.243. The number of nitrogens with zero attached hydrogens (tertiary/aromatic N) is 2. The Balaban J connectivity index is 0.00000147. The first-order valence-corrected chi connectivity index (χ1v) is 6.95. The molecule has 20 heavy (non-hydrogen) atoms. The Bertz CT molecular complexity index is 585. The zero-order valence-corrected chi connectivity index (χ0v) is 12.3. The first-order chi connectivity index (χ1) is 9.10. The van der Waals surface area contributed by atoms with Gasteiger partial charge in [0.1, 0.15) is 18.0 Å². The molecule has 0 aliphatic carbocycles. The highest BCUT2D eigenvalue weighted by Crippen LogP contribution is 2.38. The monoisotopic (exact) mass is 343 g/mol. The zero-order chi connectivity index (χ0) is 13.6. The van der Waals surface area contributed by atoms with Crippen molar-refractivity contribution in [2.75, 3.05) is 11.6 Å². The number of alkyl halides is 1. The maximum absolute atomic E-state index is 11.8. The van der Waals surface area contributed by atoms with Crippen LogP contribution in [0.25, 0.3) is 0 Å². The van der Waals surface area contributed by atoms with E-state index in [4.69, 9.17) is 30.4 Å². The van der Waals surface area contributed by atoms with Crippen molar-refractivity contribution in [1.29, 1.82) is 0 Å². The minimum absolute atomic E-state index is 0. The largest absolute Gasteiger partial charge is 0.383 e. The van der Waals surface area contributed by atoms with Gasteiger partial charge < -0.3 is 10.5 Å². The van der Waals surface area contributed by atoms with Crippen LogP contribution in [0.15, 0.2) is 17.1 Å². The summed E-state index contributed by atoms with van der Waals surface area (Å²) in [5, 5.41) is 0. The highest BCUT2D eigenvalue weighted by Gasteiger charge is 2.53. The lowest BCUT2D eigenvalue weighted by Crippen LogP contribution is -2.34. The molecule has 2 saturated heterocycles. The number of rotatable bonds is 2. The van der Waals surface area contributed by atoms with E-state index >= 15 is 0 Å². The van der Waals surface area contributed by atoms with Crippen molar-refractivity contribution in [1.82, 2.24) is 9.55 Å². The Labute approximate surface area is 127 Å². The van der Waals surface area contributed by atoms with Gasteiger partial charge in [-0.2, -0.15) is 9.19 Å². The topological polar surface area (TPSA) is 106 Å². The molecule has 8 nitrogen and oxygen atoms in total. The van der Waals surface area contributed by atoms with Crippen molar-refractivity contribution in [2.24, 2.45) is 0 Å². The summed E-state index contributed by atoms with van der Waals surface area (Å²) in [6, 6.07) is 1.46. The van der Waals surface area contributed by atoms with Gasteiger partial charge >= 0.3 is 17.1 Å². The van der Waals surface area contributed by atoms with Crippen LogP contribution < -0.4 is 11.4 Å². The van der Waals surface area contributed by atoms with E-state index in [0.29, 0.717) is 0 Å². The molecule has 112 valence electrons. The molecule has 2 fully saturated rings. The van der Waals surface area contributed by atoms with Crippen molar-refractivity contribution in [3.63, 3.8) is 0 Å². The van der Waals surface area contributed by atoms with Gasteiger partial charge in [-0.25, -0.2) is 4.79 Å². The van der Waals surface area contributed by atoms with Gasteiger partial charge in [0.2, 0.25) is 0 Å². The Hall–Kier alpha value is -0.710. The third-order valence-corrected chi connectivity index (χ3v) is 4.01. The van der Waals surface area contributed by atoms with E-state index in [-0.39, 0.29) is 24.1 Å². The molecule has 11 heteroatoms. The molecule has 0 saturated carbocycles. The second kappa shape index (κ2) is 5.96. The predicted octanol–water partition coefficient (Wildman–Crippen LogP) is -0.254. The first kappa shape index (κ1) is 15.7. The highest BCUT2D eigenvalue weighted by atomic mass is 35.5. The Morgan fingerprint density at radius 2 is 2.15 bits per heavy atom. The fourth-order valence-electron chi connectivity index (χ4n) is 2.10. The lowest BCUT2D eigenvalue weighted by Gasteiger charge is -2.17. The average Bonchev–Trinajstić information content (AvgIpc) is 2.87. The Morgan fingerprint density at radius 3 is 2.80 bits per heavy atom. The van der Waals surface area contributed by atoms with Crippen LogP contribution in [0.1, 0.15) is 6.23 Å². The fourth-order valence-corrected chi connectivity index (χ4v) is 3.19. The molecule has 3 rings (SSSR count). The lowest BCUT2D eigenvalue weighted by atomic mass is 10.1. The number of anilines is 1. The average molecular weight is 344 g/mol. The molecular weight excluding hydrogens is 333 g/mol. The highest BCUT2D eigenvalue weighted by molar-refractivity contribution is 7.75. The van der Waals surface area contributed by atoms with Crippen LogP contribution in [0, 0.1) is 0 Å². The molecule has 0 aromatic carbocycles. The molecule has 5 atom stereocenters. The number of fused-ring (bicyclic) bond motifs is 1. The number of hydrogen-bond donors (Lipinski definition) is 1. The molecule has 0 spiro atoms. The quantitative estimate of drug-likeness (QED) is 0.737. The first-order valence-electron chi connectivity index (χ1n) is 5.42.